The van der Waals surface area contributed by atoms with E-state index in [1.807, 2.05) is 42.5 Å². The summed E-state index contributed by atoms with van der Waals surface area (Å²) in [5.41, 5.74) is 5.29. The topological polar surface area (TPSA) is 17.1 Å². The van der Waals surface area contributed by atoms with Crippen LogP contribution in [0.4, 0.5) is 0 Å². The average molecular weight is 284 g/mol. The molecule has 0 heterocycles. The van der Waals surface area contributed by atoms with E-state index in [0.717, 1.165) is 28.5 Å². The highest BCUT2D eigenvalue weighted by atomic mass is 16.1. The van der Waals surface area contributed by atoms with E-state index in [9.17, 15) is 4.79 Å². The van der Waals surface area contributed by atoms with Gasteiger partial charge in [0.25, 0.3) is 0 Å². The van der Waals surface area contributed by atoms with Crippen molar-refractivity contribution in [3.05, 3.63) is 89.0 Å². The Morgan fingerprint density at radius 3 is 2.41 bits per heavy atom. The molecule has 22 heavy (non-hydrogen) atoms. The number of ketones is 1. The fourth-order valence-corrected chi connectivity index (χ4v) is 3.28. The number of carbonyl (C=O) groups is 1. The molecule has 0 atom stereocenters. The van der Waals surface area contributed by atoms with Gasteiger partial charge in [0.05, 0.1) is 0 Å². The minimum Gasteiger partial charge on any atom is -0.289 e. The second kappa shape index (κ2) is 4.96. The van der Waals surface area contributed by atoms with Crippen LogP contribution >= 0.6 is 0 Å². The summed E-state index contributed by atoms with van der Waals surface area (Å²) < 4.78 is 0. The Hall–Kier alpha value is -2.67. The molecule has 0 spiro atoms. The fraction of sp³-hybridized carbons (Fsp3) is 0.0952. The predicted octanol–water partition coefficient (Wildman–Crippen LogP) is 5.05. The number of rotatable bonds is 2. The summed E-state index contributed by atoms with van der Waals surface area (Å²) in [5.74, 6) is 0.152. The molecule has 1 heteroatoms. The molecule has 106 valence electrons. The van der Waals surface area contributed by atoms with Crippen LogP contribution in [0, 0.1) is 0 Å². The number of Topliss-reactive ketones (excluding diaryl/α,β-unsaturated/α-hetero) is 1. The first kappa shape index (κ1) is 13.0. The van der Waals surface area contributed by atoms with Crippen molar-refractivity contribution in [2.24, 2.45) is 0 Å². The number of fused-ring (bicyclic) bond motifs is 2. The number of allylic oxidation sites excluding steroid dienone is 2. The summed E-state index contributed by atoms with van der Waals surface area (Å²) in [6.07, 6.45) is 0.744. The van der Waals surface area contributed by atoms with Gasteiger partial charge < -0.3 is 0 Å². The zero-order valence-corrected chi connectivity index (χ0v) is 12.5. The van der Waals surface area contributed by atoms with Gasteiger partial charge in [-0.1, -0.05) is 60.7 Å². The molecule has 3 aromatic rings. The van der Waals surface area contributed by atoms with Crippen molar-refractivity contribution in [1.29, 1.82) is 0 Å². The molecule has 1 aliphatic rings. The third-order valence-corrected chi connectivity index (χ3v) is 4.53. The van der Waals surface area contributed by atoms with Crippen LogP contribution in [0.15, 0.2) is 72.3 Å². The minimum atomic E-state index is 0.152. The van der Waals surface area contributed by atoms with E-state index in [1.165, 1.54) is 16.5 Å². The highest BCUT2D eigenvalue weighted by Gasteiger charge is 2.23. The average Bonchev–Trinajstić information content (AvgIpc) is 2.91. The molecular formula is C21H16O. The lowest BCUT2D eigenvalue weighted by Crippen LogP contribution is -2.04. The normalized spacial score (nSPS) is 13.5. The quantitative estimate of drug-likeness (QED) is 0.602. The summed E-state index contributed by atoms with van der Waals surface area (Å²) in [6.45, 7) is 2.06. The smallest absolute Gasteiger partial charge is 0.189 e. The molecule has 0 unspecified atom stereocenters. The van der Waals surface area contributed by atoms with E-state index in [4.69, 9.17) is 0 Å². The predicted molar refractivity (Wildman–Crippen MR) is 91.0 cm³/mol. The molecule has 0 saturated carbocycles. The summed E-state index contributed by atoms with van der Waals surface area (Å²) in [4.78, 5) is 12.9. The van der Waals surface area contributed by atoms with Crippen molar-refractivity contribution in [2.75, 3.05) is 0 Å². The first-order valence-electron chi connectivity index (χ1n) is 7.55. The van der Waals surface area contributed by atoms with Crippen molar-refractivity contribution >= 4 is 22.1 Å². The van der Waals surface area contributed by atoms with E-state index >= 15 is 0 Å². The van der Waals surface area contributed by atoms with E-state index in [-0.39, 0.29) is 5.78 Å². The molecular weight excluding hydrogens is 268 g/mol. The van der Waals surface area contributed by atoms with Crippen LogP contribution < -0.4 is 0 Å². The zero-order valence-electron chi connectivity index (χ0n) is 12.5. The maximum Gasteiger partial charge on any atom is 0.189 e. The van der Waals surface area contributed by atoms with Gasteiger partial charge in [0.2, 0.25) is 0 Å². The van der Waals surface area contributed by atoms with Crippen molar-refractivity contribution in [3.8, 4) is 0 Å². The van der Waals surface area contributed by atoms with E-state index in [0.29, 0.717) is 0 Å². The van der Waals surface area contributed by atoms with Gasteiger partial charge in [0.1, 0.15) is 0 Å². The van der Waals surface area contributed by atoms with Gasteiger partial charge in [-0.2, -0.15) is 0 Å². The lowest BCUT2D eigenvalue weighted by Gasteiger charge is -2.05. The summed E-state index contributed by atoms with van der Waals surface area (Å²) in [5, 5.41) is 2.28. The maximum absolute atomic E-state index is 12.9. The zero-order chi connectivity index (χ0) is 15.1. The largest absolute Gasteiger partial charge is 0.289 e. The molecule has 0 N–H and O–H groups in total. The molecule has 4 rings (SSSR count). The molecule has 0 amide bonds. The van der Waals surface area contributed by atoms with Crippen LogP contribution in [0.3, 0.4) is 0 Å². The molecule has 3 aromatic carbocycles. The summed E-state index contributed by atoms with van der Waals surface area (Å²) in [7, 11) is 0. The first-order chi connectivity index (χ1) is 10.7. The number of hydrogen-bond acceptors (Lipinski definition) is 1. The van der Waals surface area contributed by atoms with Crippen LogP contribution in [-0.4, -0.2) is 5.78 Å². The second-order valence-electron chi connectivity index (χ2n) is 5.83. The van der Waals surface area contributed by atoms with E-state index < -0.39 is 0 Å². The minimum absolute atomic E-state index is 0.152. The van der Waals surface area contributed by atoms with Crippen LogP contribution in [-0.2, 0) is 6.42 Å². The maximum atomic E-state index is 12.9. The van der Waals surface area contributed by atoms with Crippen molar-refractivity contribution in [1.82, 2.24) is 0 Å². The first-order valence-corrected chi connectivity index (χ1v) is 7.55. The van der Waals surface area contributed by atoms with Gasteiger partial charge in [-0.3, -0.25) is 4.79 Å². The number of carbonyl (C=O) groups excluding carboxylic acids is 1. The third-order valence-electron chi connectivity index (χ3n) is 4.53. The molecule has 0 aromatic heterocycles. The molecule has 0 bridgehead atoms. The standard InChI is InChI=1S/C21H16O/c1-14-19-9-5-4-8-17(19)13-20(14)21(22)18-11-10-15-6-2-3-7-16(15)12-18/h2-12H,13H2,1H3. The second-order valence-corrected chi connectivity index (χ2v) is 5.83. The van der Waals surface area contributed by atoms with Gasteiger partial charge in [-0.25, -0.2) is 0 Å². The van der Waals surface area contributed by atoms with Gasteiger partial charge in [-0.05, 0) is 40.5 Å². The lowest BCUT2D eigenvalue weighted by molar-refractivity contribution is 0.103. The van der Waals surface area contributed by atoms with E-state index in [2.05, 4.69) is 31.2 Å². The van der Waals surface area contributed by atoms with Crippen molar-refractivity contribution in [2.45, 2.75) is 13.3 Å². The number of hydrogen-bond donors (Lipinski definition) is 0. The van der Waals surface area contributed by atoms with E-state index in [1.54, 1.807) is 0 Å². The molecule has 1 nitrogen and oxygen atoms in total. The van der Waals surface area contributed by atoms with Crippen LogP contribution in [0.5, 0.6) is 0 Å². The Balaban J connectivity index is 1.77. The highest BCUT2D eigenvalue weighted by molar-refractivity contribution is 6.15. The summed E-state index contributed by atoms with van der Waals surface area (Å²) in [6, 6.07) is 22.4. The monoisotopic (exact) mass is 284 g/mol. The lowest BCUT2D eigenvalue weighted by atomic mass is 9.97. The van der Waals surface area contributed by atoms with Crippen molar-refractivity contribution < 1.29 is 4.79 Å². The SMILES string of the molecule is CC1=C(C(=O)c2ccc3ccccc3c2)Cc2ccccc21. The Morgan fingerprint density at radius 1 is 0.864 bits per heavy atom. The van der Waals surface area contributed by atoms with Crippen LogP contribution in [0.1, 0.15) is 28.4 Å². The van der Waals surface area contributed by atoms with Gasteiger partial charge in [0.15, 0.2) is 5.78 Å². The van der Waals surface area contributed by atoms with Crippen molar-refractivity contribution in [3.63, 3.8) is 0 Å². The van der Waals surface area contributed by atoms with Crippen LogP contribution in [0.25, 0.3) is 16.3 Å². The van der Waals surface area contributed by atoms with Crippen LogP contribution in [0.2, 0.25) is 0 Å². The Labute approximate surface area is 129 Å². The van der Waals surface area contributed by atoms with Gasteiger partial charge in [-0.15, -0.1) is 0 Å². The summed E-state index contributed by atoms with van der Waals surface area (Å²) >= 11 is 0. The highest BCUT2D eigenvalue weighted by Crippen LogP contribution is 2.34. The molecule has 0 radical (unpaired) electrons. The Bertz CT molecular complexity index is 931. The molecule has 0 aliphatic heterocycles. The molecule has 1 aliphatic carbocycles. The number of benzene rings is 3. The Morgan fingerprint density at radius 2 is 1.59 bits per heavy atom. The molecule has 0 saturated heterocycles. The molecule has 0 fully saturated rings. The van der Waals surface area contributed by atoms with Gasteiger partial charge >= 0.3 is 0 Å². The van der Waals surface area contributed by atoms with Gasteiger partial charge in [0, 0.05) is 17.6 Å². The third kappa shape index (κ3) is 1.98. The fourth-order valence-electron chi connectivity index (χ4n) is 3.28. The Kier molecular flexibility index (Phi) is 2.93.